The highest BCUT2D eigenvalue weighted by Gasteiger charge is 2.21. The van der Waals surface area contributed by atoms with E-state index in [1.165, 1.54) is 4.90 Å². The van der Waals surface area contributed by atoms with Crippen molar-refractivity contribution in [2.75, 3.05) is 45.3 Å². The lowest BCUT2D eigenvalue weighted by molar-refractivity contribution is 0.00332. The summed E-state index contributed by atoms with van der Waals surface area (Å²) in [6, 6.07) is 3.43. The SMILES string of the molecule is CN(C)C(=O)c1ccc(N2CCOC(CO)C2)nn1. The van der Waals surface area contributed by atoms with E-state index in [-0.39, 0.29) is 18.6 Å². The van der Waals surface area contributed by atoms with E-state index in [9.17, 15) is 4.79 Å². The van der Waals surface area contributed by atoms with Gasteiger partial charge < -0.3 is 19.6 Å². The Labute approximate surface area is 111 Å². The number of aliphatic hydroxyl groups excluding tert-OH is 1. The number of carbonyl (C=O) groups is 1. The van der Waals surface area contributed by atoms with Crippen LogP contribution in [-0.4, -0.2) is 72.6 Å². The Bertz CT molecular complexity index is 435. The third-order valence-corrected chi connectivity index (χ3v) is 2.94. The largest absolute Gasteiger partial charge is 0.394 e. The molecule has 1 amide bonds. The van der Waals surface area contributed by atoms with Crippen molar-refractivity contribution in [3.05, 3.63) is 17.8 Å². The van der Waals surface area contributed by atoms with Gasteiger partial charge in [0.15, 0.2) is 11.5 Å². The van der Waals surface area contributed by atoms with E-state index in [2.05, 4.69) is 10.2 Å². The number of aliphatic hydroxyl groups is 1. The number of amides is 1. The topological polar surface area (TPSA) is 78.8 Å². The maximum Gasteiger partial charge on any atom is 0.273 e. The van der Waals surface area contributed by atoms with Crippen LogP contribution >= 0.6 is 0 Å². The van der Waals surface area contributed by atoms with Crippen LogP contribution in [0, 0.1) is 0 Å². The zero-order chi connectivity index (χ0) is 13.8. The van der Waals surface area contributed by atoms with Gasteiger partial charge in [0, 0.05) is 27.2 Å². The number of morpholine rings is 1. The van der Waals surface area contributed by atoms with Gasteiger partial charge in [-0.2, -0.15) is 0 Å². The average molecular weight is 266 g/mol. The summed E-state index contributed by atoms with van der Waals surface area (Å²) in [5.74, 6) is 0.520. The molecule has 1 saturated heterocycles. The molecule has 1 aliphatic rings. The van der Waals surface area contributed by atoms with Crippen molar-refractivity contribution in [2.24, 2.45) is 0 Å². The van der Waals surface area contributed by atoms with Crippen LogP contribution in [0.3, 0.4) is 0 Å². The quantitative estimate of drug-likeness (QED) is 0.785. The number of hydrogen-bond donors (Lipinski definition) is 1. The van der Waals surface area contributed by atoms with Gasteiger partial charge in [0.2, 0.25) is 0 Å². The Morgan fingerprint density at radius 1 is 1.53 bits per heavy atom. The first-order valence-corrected chi connectivity index (χ1v) is 6.14. The van der Waals surface area contributed by atoms with Crippen molar-refractivity contribution in [3.8, 4) is 0 Å². The molecule has 0 radical (unpaired) electrons. The van der Waals surface area contributed by atoms with Crippen LogP contribution in [0.2, 0.25) is 0 Å². The Kier molecular flexibility index (Phi) is 4.28. The predicted octanol–water partition coefficient (Wildman–Crippen LogP) is -0.624. The molecule has 2 rings (SSSR count). The lowest BCUT2D eigenvalue weighted by Gasteiger charge is -2.32. The third kappa shape index (κ3) is 3.18. The first-order chi connectivity index (χ1) is 9.11. The molecule has 1 aromatic heterocycles. The van der Waals surface area contributed by atoms with E-state index >= 15 is 0 Å². The molecule has 7 nitrogen and oxygen atoms in total. The molecule has 0 spiro atoms. The molecule has 19 heavy (non-hydrogen) atoms. The summed E-state index contributed by atoms with van der Waals surface area (Å²) < 4.78 is 5.37. The average Bonchev–Trinajstić information content (AvgIpc) is 2.46. The normalized spacial score (nSPS) is 19.3. The van der Waals surface area contributed by atoms with Gasteiger partial charge in [0.05, 0.1) is 19.3 Å². The number of aromatic nitrogens is 2. The molecule has 104 valence electrons. The zero-order valence-corrected chi connectivity index (χ0v) is 11.1. The molecular weight excluding hydrogens is 248 g/mol. The summed E-state index contributed by atoms with van der Waals surface area (Å²) in [7, 11) is 3.34. The minimum atomic E-state index is -0.196. The molecule has 1 unspecified atom stereocenters. The van der Waals surface area contributed by atoms with Crippen molar-refractivity contribution in [2.45, 2.75) is 6.10 Å². The predicted molar refractivity (Wildman–Crippen MR) is 69.1 cm³/mol. The molecule has 1 aromatic rings. The minimum Gasteiger partial charge on any atom is -0.394 e. The molecule has 0 bridgehead atoms. The van der Waals surface area contributed by atoms with Crippen molar-refractivity contribution in [1.82, 2.24) is 15.1 Å². The highest BCUT2D eigenvalue weighted by atomic mass is 16.5. The zero-order valence-electron chi connectivity index (χ0n) is 11.1. The monoisotopic (exact) mass is 266 g/mol. The van der Waals surface area contributed by atoms with Crippen LogP contribution in [0.1, 0.15) is 10.5 Å². The Morgan fingerprint density at radius 3 is 2.89 bits per heavy atom. The first kappa shape index (κ1) is 13.7. The number of carbonyl (C=O) groups excluding carboxylic acids is 1. The summed E-state index contributed by atoms with van der Waals surface area (Å²) in [6.45, 7) is 1.81. The van der Waals surface area contributed by atoms with Gasteiger partial charge in [-0.3, -0.25) is 4.79 Å². The summed E-state index contributed by atoms with van der Waals surface area (Å²) in [5.41, 5.74) is 0.320. The standard InChI is InChI=1S/C12H18N4O3/c1-15(2)12(18)10-3-4-11(14-13-10)16-5-6-19-9(7-16)8-17/h3-4,9,17H,5-8H2,1-2H3. The highest BCUT2D eigenvalue weighted by molar-refractivity contribution is 5.91. The summed E-state index contributed by atoms with van der Waals surface area (Å²) >= 11 is 0. The minimum absolute atomic E-state index is 0.0128. The molecule has 1 atom stereocenters. The van der Waals surface area contributed by atoms with Crippen LogP contribution in [-0.2, 0) is 4.74 Å². The van der Waals surface area contributed by atoms with Crippen molar-refractivity contribution in [3.63, 3.8) is 0 Å². The molecule has 7 heteroatoms. The number of hydrogen-bond acceptors (Lipinski definition) is 6. The Morgan fingerprint density at radius 2 is 2.32 bits per heavy atom. The number of anilines is 1. The molecule has 1 aliphatic heterocycles. The van der Waals surface area contributed by atoms with Gasteiger partial charge in [0.1, 0.15) is 0 Å². The molecule has 1 fully saturated rings. The summed E-state index contributed by atoms with van der Waals surface area (Å²) in [5, 5.41) is 17.1. The van der Waals surface area contributed by atoms with Crippen LogP contribution in [0.4, 0.5) is 5.82 Å². The van der Waals surface area contributed by atoms with E-state index in [1.807, 2.05) is 4.90 Å². The van der Waals surface area contributed by atoms with Crippen LogP contribution in [0.15, 0.2) is 12.1 Å². The molecular formula is C12H18N4O3. The molecule has 0 aromatic carbocycles. The summed E-state index contributed by atoms with van der Waals surface area (Å²) in [4.78, 5) is 15.1. The van der Waals surface area contributed by atoms with Crippen molar-refractivity contribution in [1.29, 1.82) is 0 Å². The van der Waals surface area contributed by atoms with Gasteiger partial charge in [-0.15, -0.1) is 10.2 Å². The van der Waals surface area contributed by atoms with Gasteiger partial charge in [-0.25, -0.2) is 0 Å². The Balaban J connectivity index is 2.07. The van der Waals surface area contributed by atoms with Gasteiger partial charge in [-0.1, -0.05) is 0 Å². The second-order valence-electron chi connectivity index (χ2n) is 4.60. The second kappa shape index (κ2) is 5.94. The number of rotatable bonds is 3. The second-order valence-corrected chi connectivity index (χ2v) is 4.60. The maximum atomic E-state index is 11.7. The number of nitrogens with zero attached hydrogens (tertiary/aromatic N) is 4. The smallest absolute Gasteiger partial charge is 0.273 e. The van der Waals surface area contributed by atoms with Crippen molar-refractivity contribution < 1.29 is 14.6 Å². The lowest BCUT2D eigenvalue weighted by atomic mass is 10.2. The van der Waals surface area contributed by atoms with Gasteiger partial charge >= 0.3 is 0 Å². The van der Waals surface area contributed by atoms with E-state index in [4.69, 9.17) is 9.84 Å². The molecule has 1 N–H and O–H groups in total. The maximum absolute atomic E-state index is 11.7. The highest BCUT2D eigenvalue weighted by Crippen LogP contribution is 2.14. The van der Waals surface area contributed by atoms with Crippen LogP contribution in [0.5, 0.6) is 0 Å². The first-order valence-electron chi connectivity index (χ1n) is 6.14. The fourth-order valence-corrected chi connectivity index (χ4v) is 1.87. The van der Waals surface area contributed by atoms with E-state index in [0.29, 0.717) is 31.2 Å². The summed E-state index contributed by atoms with van der Waals surface area (Å²) in [6.07, 6.45) is -0.196. The molecule has 0 aliphatic carbocycles. The van der Waals surface area contributed by atoms with Crippen LogP contribution < -0.4 is 4.90 Å². The fourth-order valence-electron chi connectivity index (χ4n) is 1.87. The van der Waals surface area contributed by atoms with E-state index in [1.54, 1.807) is 26.2 Å². The third-order valence-electron chi connectivity index (χ3n) is 2.94. The van der Waals surface area contributed by atoms with Crippen molar-refractivity contribution >= 4 is 11.7 Å². The Hall–Kier alpha value is -1.73. The molecule has 0 saturated carbocycles. The lowest BCUT2D eigenvalue weighted by Crippen LogP contribution is -2.44. The number of ether oxygens (including phenoxy) is 1. The van der Waals surface area contributed by atoms with E-state index in [0.717, 1.165) is 0 Å². The fraction of sp³-hybridized carbons (Fsp3) is 0.583. The van der Waals surface area contributed by atoms with Crippen LogP contribution in [0.25, 0.3) is 0 Å². The van der Waals surface area contributed by atoms with Gasteiger partial charge in [-0.05, 0) is 12.1 Å². The molecule has 2 heterocycles. The van der Waals surface area contributed by atoms with Gasteiger partial charge in [0.25, 0.3) is 5.91 Å². The van der Waals surface area contributed by atoms with E-state index < -0.39 is 0 Å².